The van der Waals surface area contributed by atoms with Gasteiger partial charge in [0.25, 0.3) is 5.69 Å². The van der Waals surface area contributed by atoms with Crippen LogP contribution in [0.1, 0.15) is 0 Å². The predicted molar refractivity (Wildman–Crippen MR) is 113 cm³/mol. The first-order valence-electron chi connectivity index (χ1n) is 8.99. The maximum absolute atomic E-state index is 14.1. The van der Waals surface area contributed by atoms with Crippen molar-refractivity contribution in [3.05, 3.63) is 93.9 Å². The highest BCUT2D eigenvalue weighted by atomic mass is 35.5. The van der Waals surface area contributed by atoms with Crippen LogP contribution >= 0.6 is 11.6 Å². The van der Waals surface area contributed by atoms with Gasteiger partial charge in [0.1, 0.15) is 11.5 Å². The third-order valence-electron chi connectivity index (χ3n) is 4.87. The normalized spacial score (nSPS) is 11.3. The lowest BCUT2D eigenvalue weighted by atomic mass is 10.1. The van der Waals surface area contributed by atoms with E-state index < -0.39 is 10.7 Å². The van der Waals surface area contributed by atoms with Gasteiger partial charge in [0, 0.05) is 39.7 Å². The number of pyridine rings is 1. The molecule has 0 saturated heterocycles. The minimum atomic E-state index is -0.464. The summed E-state index contributed by atoms with van der Waals surface area (Å²) in [4.78, 5) is 15.3. The van der Waals surface area contributed by atoms with Crippen LogP contribution in [-0.4, -0.2) is 19.7 Å². The van der Waals surface area contributed by atoms with Crippen LogP contribution in [0.5, 0.6) is 0 Å². The van der Waals surface area contributed by atoms with Crippen LogP contribution in [0.25, 0.3) is 38.8 Å². The van der Waals surface area contributed by atoms with Gasteiger partial charge in [-0.05, 0) is 36.4 Å². The summed E-state index contributed by atoms with van der Waals surface area (Å²) in [5, 5.41) is 17.8. The molecule has 5 aromatic rings. The minimum absolute atomic E-state index is 0.0614. The molecule has 0 atom stereocenters. The van der Waals surface area contributed by atoms with Crippen molar-refractivity contribution in [1.82, 2.24) is 14.8 Å². The Balaban J connectivity index is 1.89. The Kier molecular flexibility index (Phi) is 4.18. The van der Waals surface area contributed by atoms with E-state index in [2.05, 4.69) is 4.98 Å². The fourth-order valence-corrected chi connectivity index (χ4v) is 3.63. The molecule has 0 saturated carbocycles. The first kappa shape index (κ1) is 18.2. The van der Waals surface area contributed by atoms with Crippen LogP contribution in [0.2, 0.25) is 5.02 Å². The largest absolute Gasteiger partial charge is 0.271 e. The summed E-state index contributed by atoms with van der Waals surface area (Å²) < 4.78 is 15.7. The van der Waals surface area contributed by atoms with Gasteiger partial charge in [-0.15, -0.1) is 0 Å². The Bertz CT molecular complexity index is 1450. The lowest BCUT2D eigenvalue weighted by Gasteiger charge is -2.06. The third kappa shape index (κ3) is 2.96. The Labute approximate surface area is 174 Å². The summed E-state index contributed by atoms with van der Waals surface area (Å²) in [6, 6.07) is 17.7. The molecule has 0 aliphatic heterocycles. The number of benzene rings is 3. The molecule has 5 rings (SSSR count). The number of hydrogen-bond donors (Lipinski definition) is 0. The second-order valence-electron chi connectivity index (χ2n) is 6.73. The van der Waals surface area contributed by atoms with Gasteiger partial charge in [0.15, 0.2) is 0 Å². The van der Waals surface area contributed by atoms with Gasteiger partial charge in [-0.1, -0.05) is 29.8 Å². The van der Waals surface area contributed by atoms with Crippen molar-refractivity contribution < 1.29 is 9.31 Å². The highest BCUT2D eigenvalue weighted by Gasteiger charge is 2.18. The summed E-state index contributed by atoms with van der Waals surface area (Å²) >= 11 is 6.02. The molecule has 0 bridgehead atoms. The Morgan fingerprint density at radius 1 is 1.00 bits per heavy atom. The molecule has 30 heavy (non-hydrogen) atoms. The van der Waals surface area contributed by atoms with Gasteiger partial charge in [-0.25, -0.2) is 9.07 Å². The summed E-state index contributed by atoms with van der Waals surface area (Å²) in [7, 11) is 0. The topological polar surface area (TPSA) is 73.8 Å². The van der Waals surface area contributed by atoms with Gasteiger partial charge in [0.2, 0.25) is 0 Å². The van der Waals surface area contributed by atoms with Crippen LogP contribution in [0.15, 0.2) is 72.9 Å². The maximum Gasteiger partial charge on any atom is 0.271 e. The molecule has 146 valence electrons. The number of halogens is 2. The molecule has 0 N–H and O–H groups in total. The van der Waals surface area contributed by atoms with E-state index in [0.717, 1.165) is 5.56 Å². The minimum Gasteiger partial charge on any atom is -0.258 e. The van der Waals surface area contributed by atoms with Gasteiger partial charge >= 0.3 is 0 Å². The van der Waals surface area contributed by atoms with Crippen LogP contribution in [0.3, 0.4) is 0 Å². The molecule has 0 spiro atoms. The Morgan fingerprint density at radius 2 is 1.80 bits per heavy atom. The lowest BCUT2D eigenvalue weighted by molar-refractivity contribution is -0.384. The number of non-ortho nitro benzene ring substituents is 1. The van der Waals surface area contributed by atoms with E-state index in [-0.39, 0.29) is 5.69 Å². The molecule has 6 nitrogen and oxygen atoms in total. The Morgan fingerprint density at radius 3 is 2.57 bits per heavy atom. The second kappa shape index (κ2) is 6.89. The monoisotopic (exact) mass is 418 g/mol. The average molecular weight is 419 g/mol. The zero-order valence-corrected chi connectivity index (χ0v) is 16.0. The maximum atomic E-state index is 14.1. The molecule has 0 fully saturated rings. The van der Waals surface area contributed by atoms with Crippen molar-refractivity contribution in [2.45, 2.75) is 0 Å². The SMILES string of the molecule is O=[N+]([O-])c1cccc(-n2nc(-c3ccc(Cl)cc3)c3cnc4ccc(F)cc4c32)c1. The molecule has 0 aliphatic rings. The molecular formula is C22H12ClFN4O2. The lowest BCUT2D eigenvalue weighted by Crippen LogP contribution is -1.99. The molecule has 3 aromatic carbocycles. The third-order valence-corrected chi connectivity index (χ3v) is 5.12. The van der Waals surface area contributed by atoms with Crippen LogP contribution in [0.4, 0.5) is 10.1 Å². The van der Waals surface area contributed by atoms with Crippen molar-refractivity contribution in [1.29, 1.82) is 0 Å². The average Bonchev–Trinajstić information content (AvgIpc) is 3.14. The number of nitro benzene ring substituents is 1. The van der Waals surface area contributed by atoms with Crippen molar-refractivity contribution in [3.63, 3.8) is 0 Å². The van der Waals surface area contributed by atoms with Gasteiger partial charge in [0.05, 0.1) is 21.6 Å². The Hall–Kier alpha value is -3.84. The molecule has 8 heteroatoms. The molecule has 0 aliphatic carbocycles. The van der Waals surface area contributed by atoms with Gasteiger partial charge in [-0.2, -0.15) is 5.10 Å². The summed E-state index contributed by atoms with van der Waals surface area (Å²) in [5.41, 5.74) is 3.06. The van der Waals surface area contributed by atoms with Crippen molar-refractivity contribution in [3.8, 4) is 16.9 Å². The first-order chi connectivity index (χ1) is 14.5. The zero-order valence-electron chi connectivity index (χ0n) is 15.3. The molecule has 0 radical (unpaired) electrons. The van der Waals surface area contributed by atoms with Crippen LogP contribution < -0.4 is 0 Å². The van der Waals surface area contributed by atoms with E-state index in [1.54, 1.807) is 41.2 Å². The van der Waals surface area contributed by atoms with E-state index in [0.29, 0.717) is 38.2 Å². The van der Waals surface area contributed by atoms with Gasteiger partial charge in [-0.3, -0.25) is 15.1 Å². The second-order valence-corrected chi connectivity index (χ2v) is 7.16. The molecule has 2 aromatic heterocycles. The summed E-state index contributed by atoms with van der Waals surface area (Å²) in [6.07, 6.45) is 1.68. The fraction of sp³-hybridized carbons (Fsp3) is 0. The first-order valence-corrected chi connectivity index (χ1v) is 9.37. The smallest absolute Gasteiger partial charge is 0.258 e. The van der Waals surface area contributed by atoms with E-state index in [1.165, 1.54) is 24.3 Å². The van der Waals surface area contributed by atoms with Gasteiger partial charge < -0.3 is 0 Å². The van der Waals surface area contributed by atoms with Crippen LogP contribution in [-0.2, 0) is 0 Å². The van der Waals surface area contributed by atoms with E-state index in [9.17, 15) is 14.5 Å². The number of hydrogen-bond acceptors (Lipinski definition) is 4. The summed E-state index contributed by atoms with van der Waals surface area (Å²) in [6.45, 7) is 0. The number of nitro groups is 1. The van der Waals surface area contributed by atoms with Crippen LogP contribution in [0, 0.1) is 15.9 Å². The number of fused-ring (bicyclic) bond motifs is 3. The highest BCUT2D eigenvalue weighted by molar-refractivity contribution is 6.30. The van der Waals surface area contributed by atoms with E-state index in [1.807, 2.05) is 12.1 Å². The molecule has 0 amide bonds. The quantitative estimate of drug-likeness (QED) is 0.268. The highest BCUT2D eigenvalue weighted by Crippen LogP contribution is 2.34. The molecular weight excluding hydrogens is 407 g/mol. The fourth-order valence-electron chi connectivity index (χ4n) is 3.50. The standard InChI is InChI=1S/C22H12ClFN4O2/c23-14-6-4-13(5-7-14)21-19-12-25-20-9-8-15(24)10-18(20)22(19)27(26-21)16-2-1-3-17(11-16)28(29)30/h1-12H. The zero-order chi connectivity index (χ0) is 20.8. The molecule has 2 heterocycles. The predicted octanol–water partition coefficient (Wildman–Crippen LogP) is 5.94. The molecule has 0 unspecified atom stereocenters. The van der Waals surface area contributed by atoms with Crippen molar-refractivity contribution in [2.24, 2.45) is 0 Å². The van der Waals surface area contributed by atoms with Crippen molar-refractivity contribution in [2.75, 3.05) is 0 Å². The number of aromatic nitrogens is 3. The number of rotatable bonds is 3. The summed E-state index contributed by atoms with van der Waals surface area (Å²) in [5.74, 6) is -0.406. The van der Waals surface area contributed by atoms with Crippen molar-refractivity contribution >= 4 is 39.1 Å². The number of nitrogens with zero attached hydrogens (tertiary/aromatic N) is 4. The van der Waals surface area contributed by atoms with E-state index in [4.69, 9.17) is 16.7 Å². The van der Waals surface area contributed by atoms with E-state index >= 15 is 0 Å².